The summed E-state index contributed by atoms with van der Waals surface area (Å²) in [5.41, 5.74) is 1.81. The third-order valence-electron chi connectivity index (χ3n) is 4.80. The van der Waals surface area contributed by atoms with Crippen LogP contribution in [0.25, 0.3) is 0 Å². The molecule has 2 saturated carbocycles. The van der Waals surface area contributed by atoms with Gasteiger partial charge in [-0.1, -0.05) is 11.6 Å². The van der Waals surface area contributed by atoms with E-state index >= 15 is 0 Å². The summed E-state index contributed by atoms with van der Waals surface area (Å²) in [6.45, 7) is 3.17. The third kappa shape index (κ3) is 2.38. The van der Waals surface area contributed by atoms with Gasteiger partial charge in [0.2, 0.25) is 0 Å². The molecule has 0 spiro atoms. The zero-order chi connectivity index (χ0) is 13.6. The van der Waals surface area contributed by atoms with Crippen molar-refractivity contribution in [2.24, 2.45) is 11.3 Å². The Hall–Kier alpha value is -0.930. The SMILES string of the molecule is Clc1cc(CNCC2(C3CC3)CC2)cc2c1OCCO2. The Bertz CT molecular complexity index is 523. The highest BCUT2D eigenvalue weighted by molar-refractivity contribution is 6.32. The predicted molar refractivity (Wildman–Crippen MR) is 78.5 cm³/mol. The van der Waals surface area contributed by atoms with Crippen LogP contribution in [0.5, 0.6) is 11.5 Å². The van der Waals surface area contributed by atoms with E-state index in [2.05, 4.69) is 5.32 Å². The molecule has 2 fully saturated rings. The van der Waals surface area contributed by atoms with E-state index in [0.29, 0.717) is 29.4 Å². The van der Waals surface area contributed by atoms with E-state index in [1.54, 1.807) is 0 Å². The minimum absolute atomic E-state index is 0.578. The molecule has 4 heteroatoms. The van der Waals surface area contributed by atoms with Gasteiger partial charge in [-0.15, -0.1) is 0 Å². The van der Waals surface area contributed by atoms with Crippen LogP contribution in [0.1, 0.15) is 31.2 Å². The molecular formula is C16H20ClNO2. The van der Waals surface area contributed by atoms with E-state index in [9.17, 15) is 0 Å². The van der Waals surface area contributed by atoms with Crippen molar-refractivity contribution in [1.29, 1.82) is 0 Å². The largest absolute Gasteiger partial charge is 0.486 e. The molecule has 2 aliphatic carbocycles. The van der Waals surface area contributed by atoms with Crippen LogP contribution in [0.15, 0.2) is 12.1 Å². The van der Waals surface area contributed by atoms with Crippen LogP contribution in [0, 0.1) is 11.3 Å². The molecule has 0 saturated heterocycles. The molecular weight excluding hydrogens is 274 g/mol. The Morgan fingerprint density at radius 2 is 2.00 bits per heavy atom. The molecule has 0 unspecified atom stereocenters. The van der Waals surface area contributed by atoms with Crippen molar-refractivity contribution in [3.05, 3.63) is 22.7 Å². The molecule has 0 atom stereocenters. The zero-order valence-corrected chi connectivity index (χ0v) is 12.3. The zero-order valence-electron chi connectivity index (χ0n) is 11.6. The van der Waals surface area contributed by atoms with Gasteiger partial charge in [-0.3, -0.25) is 0 Å². The summed E-state index contributed by atoms with van der Waals surface area (Å²) < 4.78 is 11.2. The lowest BCUT2D eigenvalue weighted by Gasteiger charge is -2.21. The van der Waals surface area contributed by atoms with Gasteiger partial charge in [-0.25, -0.2) is 0 Å². The average molecular weight is 294 g/mol. The molecule has 4 rings (SSSR count). The molecule has 1 aliphatic heterocycles. The monoisotopic (exact) mass is 293 g/mol. The molecule has 0 amide bonds. The molecule has 1 heterocycles. The first-order valence-electron chi connectivity index (χ1n) is 7.56. The first-order valence-corrected chi connectivity index (χ1v) is 7.93. The number of halogens is 1. The van der Waals surface area contributed by atoms with Crippen molar-refractivity contribution in [2.75, 3.05) is 19.8 Å². The number of ether oxygens (including phenoxy) is 2. The fraction of sp³-hybridized carbons (Fsp3) is 0.625. The fourth-order valence-corrected chi connectivity index (χ4v) is 3.60. The molecule has 0 radical (unpaired) electrons. The topological polar surface area (TPSA) is 30.5 Å². The van der Waals surface area contributed by atoms with E-state index in [4.69, 9.17) is 21.1 Å². The number of hydrogen-bond acceptors (Lipinski definition) is 3. The van der Waals surface area contributed by atoms with Crippen molar-refractivity contribution in [3.63, 3.8) is 0 Å². The fourth-order valence-electron chi connectivity index (χ4n) is 3.31. The second kappa shape index (κ2) is 4.81. The number of nitrogens with one attached hydrogen (secondary N) is 1. The van der Waals surface area contributed by atoms with Crippen molar-refractivity contribution < 1.29 is 9.47 Å². The number of hydrogen-bond donors (Lipinski definition) is 1. The van der Waals surface area contributed by atoms with Crippen LogP contribution < -0.4 is 14.8 Å². The maximum atomic E-state index is 6.26. The molecule has 1 aromatic rings. The number of rotatable bonds is 5. The lowest BCUT2D eigenvalue weighted by Crippen LogP contribution is -2.25. The summed E-state index contributed by atoms with van der Waals surface area (Å²) in [6.07, 6.45) is 5.70. The quantitative estimate of drug-likeness (QED) is 0.903. The van der Waals surface area contributed by atoms with Crippen molar-refractivity contribution in [2.45, 2.75) is 32.2 Å². The molecule has 3 aliphatic rings. The Kier molecular flexibility index (Phi) is 3.08. The molecule has 0 bridgehead atoms. The van der Waals surface area contributed by atoms with Gasteiger partial charge in [0.1, 0.15) is 13.2 Å². The maximum absolute atomic E-state index is 6.26. The first kappa shape index (κ1) is 12.8. The van der Waals surface area contributed by atoms with Gasteiger partial charge in [0.25, 0.3) is 0 Å². The van der Waals surface area contributed by atoms with E-state index in [1.807, 2.05) is 12.1 Å². The second-order valence-corrected chi connectivity index (χ2v) is 6.75. The standard InChI is InChI=1S/C16H20ClNO2/c17-13-7-11(8-14-15(13)20-6-5-19-14)9-18-10-16(3-4-16)12-1-2-12/h7-8,12,18H,1-6,9-10H2. The minimum atomic E-state index is 0.578. The predicted octanol–water partition coefficient (Wildman–Crippen LogP) is 3.39. The van der Waals surface area contributed by atoms with Crippen LogP contribution in [-0.2, 0) is 6.54 Å². The smallest absolute Gasteiger partial charge is 0.179 e. The van der Waals surface area contributed by atoms with Crippen molar-refractivity contribution in [3.8, 4) is 11.5 Å². The second-order valence-electron chi connectivity index (χ2n) is 6.34. The average Bonchev–Trinajstić information content (AvgIpc) is 3.32. The summed E-state index contributed by atoms with van der Waals surface area (Å²) in [5, 5.41) is 4.26. The highest BCUT2D eigenvalue weighted by Crippen LogP contribution is 2.60. The molecule has 3 nitrogen and oxygen atoms in total. The van der Waals surface area contributed by atoms with Gasteiger partial charge in [0.05, 0.1) is 5.02 Å². The highest BCUT2D eigenvalue weighted by atomic mass is 35.5. The van der Waals surface area contributed by atoms with Crippen molar-refractivity contribution in [1.82, 2.24) is 5.32 Å². The Morgan fingerprint density at radius 3 is 2.75 bits per heavy atom. The van der Waals surface area contributed by atoms with Crippen LogP contribution in [-0.4, -0.2) is 19.8 Å². The summed E-state index contributed by atoms with van der Waals surface area (Å²) in [7, 11) is 0. The number of benzene rings is 1. The van der Waals surface area contributed by atoms with Gasteiger partial charge >= 0.3 is 0 Å². The van der Waals surface area contributed by atoms with Gasteiger partial charge < -0.3 is 14.8 Å². The normalized spacial score (nSPS) is 22.6. The molecule has 108 valence electrons. The van der Waals surface area contributed by atoms with Crippen molar-refractivity contribution >= 4 is 11.6 Å². The Morgan fingerprint density at radius 1 is 1.20 bits per heavy atom. The summed E-state index contributed by atoms with van der Waals surface area (Å²) >= 11 is 6.26. The van der Waals surface area contributed by atoms with Crippen LogP contribution >= 0.6 is 11.6 Å². The highest BCUT2D eigenvalue weighted by Gasteiger charge is 2.53. The van der Waals surface area contributed by atoms with Crippen LogP contribution in [0.2, 0.25) is 5.02 Å². The molecule has 1 aromatic carbocycles. The van der Waals surface area contributed by atoms with E-state index in [0.717, 1.165) is 24.8 Å². The van der Waals surface area contributed by atoms with E-state index in [-0.39, 0.29) is 0 Å². The first-order chi connectivity index (χ1) is 9.77. The van der Waals surface area contributed by atoms with E-state index < -0.39 is 0 Å². The summed E-state index contributed by atoms with van der Waals surface area (Å²) in [5.74, 6) is 2.47. The van der Waals surface area contributed by atoms with E-state index in [1.165, 1.54) is 31.2 Å². The molecule has 0 aromatic heterocycles. The summed E-state index contributed by atoms with van der Waals surface area (Å²) in [6, 6.07) is 4.03. The van der Waals surface area contributed by atoms with Gasteiger partial charge in [-0.2, -0.15) is 0 Å². The Balaban J connectivity index is 1.40. The van der Waals surface area contributed by atoms with Gasteiger partial charge in [-0.05, 0) is 54.7 Å². The third-order valence-corrected chi connectivity index (χ3v) is 5.08. The lowest BCUT2D eigenvalue weighted by molar-refractivity contribution is 0.171. The Labute approximate surface area is 124 Å². The minimum Gasteiger partial charge on any atom is -0.486 e. The van der Waals surface area contributed by atoms with Gasteiger partial charge in [0.15, 0.2) is 11.5 Å². The maximum Gasteiger partial charge on any atom is 0.179 e. The van der Waals surface area contributed by atoms with Gasteiger partial charge in [0, 0.05) is 13.1 Å². The lowest BCUT2D eigenvalue weighted by atomic mass is 10.0. The van der Waals surface area contributed by atoms with Crippen LogP contribution in [0.3, 0.4) is 0 Å². The van der Waals surface area contributed by atoms with Crippen LogP contribution in [0.4, 0.5) is 0 Å². The summed E-state index contributed by atoms with van der Waals surface area (Å²) in [4.78, 5) is 0. The molecule has 1 N–H and O–H groups in total. The number of fused-ring (bicyclic) bond motifs is 1. The molecule has 20 heavy (non-hydrogen) atoms.